The van der Waals surface area contributed by atoms with Gasteiger partial charge in [-0.25, -0.2) is 4.79 Å². The van der Waals surface area contributed by atoms with Crippen LogP contribution in [0, 0.1) is 5.92 Å². The molecule has 1 heterocycles. The quantitative estimate of drug-likeness (QED) is 0.773. The molecule has 0 spiro atoms. The van der Waals surface area contributed by atoms with Crippen molar-refractivity contribution in [1.82, 2.24) is 5.32 Å². The normalized spacial score (nSPS) is 16.0. The molecule has 28 heavy (non-hydrogen) atoms. The van der Waals surface area contributed by atoms with E-state index in [1.54, 1.807) is 49.5 Å². The lowest BCUT2D eigenvalue weighted by Crippen LogP contribution is -2.34. The molecule has 2 aromatic carbocycles. The maximum atomic E-state index is 12.3. The molecular formula is C20H22ClN3O4. The van der Waals surface area contributed by atoms with Crippen LogP contribution >= 0.6 is 11.6 Å². The molecule has 7 nitrogen and oxygen atoms in total. The summed E-state index contributed by atoms with van der Waals surface area (Å²) in [4.78, 5) is 26.2. The number of anilines is 2. The summed E-state index contributed by atoms with van der Waals surface area (Å²) in [5.41, 5.74) is 1.36. The number of rotatable bonds is 6. The van der Waals surface area contributed by atoms with Crippen molar-refractivity contribution in [1.29, 1.82) is 0 Å². The number of amides is 3. The number of carbonyl (C=O) groups excluding carboxylic acids is 2. The Balaban J connectivity index is 1.54. The van der Waals surface area contributed by atoms with Crippen molar-refractivity contribution >= 4 is 34.9 Å². The van der Waals surface area contributed by atoms with E-state index >= 15 is 0 Å². The highest BCUT2D eigenvalue weighted by atomic mass is 35.5. The summed E-state index contributed by atoms with van der Waals surface area (Å²) in [6, 6.07) is 11.9. The highest BCUT2D eigenvalue weighted by Crippen LogP contribution is 2.27. The van der Waals surface area contributed by atoms with Gasteiger partial charge >= 0.3 is 6.03 Å². The van der Waals surface area contributed by atoms with Crippen molar-refractivity contribution in [3.8, 4) is 11.5 Å². The number of urea groups is 1. The van der Waals surface area contributed by atoms with Gasteiger partial charge in [-0.3, -0.25) is 4.79 Å². The van der Waals surface area contributed by atoms with E-state index in [2.05, 4.69) is 10.6 Å². The van der Waals surface area contributed by atoms with Gasteiger partial charge in [0, 0.05) is 60.0 Å². The zero-order valence-electron chi connectivity index (χ0n) is 15.7. The van der Waals surface area contributed by atoms with E-state index in [9.17, 15) is 9.59 Å². The maximum Gasteiger partial charge on any atom is 0.319 e. The van der Waals surface area contributed by atoms with Crippen LogP contribution in [0.25, 0.3) is 0 Å². The van der Waals surface area contributed by atoms with Crippen molar-refractivity contribution in [2.45, 2.75) is 6.42 Å². The van der Waals surface area contributed by atoms with Gasteiger partial charge in [-0.05, 0) is 24.3 Å². The molecular weight excluding hydrogens is 382 g/mol. The molecule has 8 heteroatoms. The maximum absolute atomic E-state index is 12.3. The van der Waals surface area contributed by atoms with E-state index in [1.807, 2.05) is 12.1 Å². The Morgan fingerprint density at radius 1 is 1.14 bits per heavy atom. The molecule has 1 saturated heterocycles. The van der Waals surface area contributed by atoms with Gasteiger partial charge in [-0.1, -0.05) is 11.6 Å². The van der Waals surface area contributed by atoms with Crippen molar-refractivity contribution in [3.63, 3.8) is 0 Å². The molecule has 2 N–H and O–H groups in total. The largest absolute Gasteiger partial charge is 0.497 e. The second-order valence-corrected chi connectivity index (χ2v) is 6.92. The SMILES string of the molecule is COc1cc(NC(=O)NC[C@H]2CC(=O)N(c3ccc(Cl)cc3)C2)cc(OC)c1. The molecule has 1 fully saturated rings. The minimum Gasteiger partial charge on any atom is -0.497 e. The zero-order chi connectivity index (χ0) is 20.1. The van der Waals surface area contributed by atoms with Crippen molar-refractivity contribution in [2.24, 2.45) is 5.92 Å². The molecule has 0 bridgehead atoms. The average molecular weight is 404 g/mol. The summed E-state index contributed by atoms with van der Waals surface area (Å²) in [6.45, 7) is 0.941. The van der Waals surface area contributed by atoms with Crippen molar-refractivity contribution < 1.29 is 19.1 Å². The van der Waals surface area contributed by atoms with Gasteiger partial charge in [-0.2, -0.15) is 0 Å². The second kappa shape index (κ2) is 8.84. The minimum atomic E-state index is -0.354. The summed E-state index contributed by atoms with van der Waals surface area (Å²) in [7, 11) is 3.09. The molecule has 0 unspecified atom stereocenters. The van der Waals surface area contributed by atoms with E-state index in [-0.39, 0.29) is 17.9 Å². The number of nitrogens with one attached hydrogen (secondary N) is 2. The Labute approximate surface area is 168 Å². The van der Waals surface area contributed by atoms with Crippen LogP contribution in [0.15, 0.2) is 42.5 Å². The fraction of sp³-hybridized carbons (Fsp3) is 0.300. The summed E-state index contributed by atoms with van der Waals surface area (Å²) in [5.74, 6) is 1.23. The topological polar surface area (TPSA) is 79.9 Å². The standard InChI is InChI=1S/C20H22ClN3O4/c1-27-17-8-15(9-18(10-17)28-2)23-20(26)22-11-13-7-19(25)24(12-13)16-5-3-14(21)4-6-16/h3-6,8-10,13H,7,11-12H2,1-2H3,(H2,22,23,26)/t13-/m1/s1. The number of benzene rings is 2. The Morgan fingerprint density at radius 3 is 2.39 bits per heavy atom. The van der Waals surface area contributed by atoms with Crippen LogP contribution in [-0.4, -0.2) is 39.2 Å². The van der Waals surface area contributed by atoms with E-state index in [0.717, 1.165) is 5.69 Å². The van der Waals surface area contributed by atoms with Crippen molar-refractivity contribution in [2.75, 3.05) is 37.5 Å². The Hall–Kier alpha value is -2.93. The number of carbonyl (C=O) groups is 2. The molecule has 0 aliphatic carbocycles. The van der Waals surface area contributed by atoms with Gasteiger partial charge in [-0.15, -0.1) is 0 Å². The van der Waals surface area contributed by atoms with Gasteiger partial charge in [0.25, 0.3) is 0 Å². The molecule has 148 valence electrons. The third-order valence-corrected chi connectivity index (χ3v) is 4.76. The number of nitrogens with zero attached hydrogens (tertiary/aromatic N) is 1. The lowest BCUT2D eigenvalue weighted by molar-refractivity contribution is -0.117. The summed E-state index contributed by atoms with van der Waals surface area (Å²) in [5, 5.41) is 6.19. The minimum absolute atomic E-state index is 0.0343. The first kappa shape index (κ1) is 19.8. The molecule has 0 radical (unpaired) electrons. The van der Waals surface area contributed by atoms with E-state index in [0.29, 0.717) is 41.7 Å². The van der Waals surface area contributed by atoms with Crippen LogP contribution in [-0.2, 0) is 4.79 Å². The van der Waals surface area contributed by atoms with Crippen LogP contribution in [0.5, 0.6) is 11.5 Å². The molecule has 3 rings (SSSR count). The molecule has 1 aliphatic heterocycles. The number of hydrogen-bond acceptors (Lipinski definition) is 4. The first-order chi connectivity index (χ1) is 13.5. The lowest BCUT2D eigenvalue weighted by Gasteiger charge is -2.17. The summed E-state index contributed by atoms with van der Waals surface area (Å²) >= 11 is 5.90. The molecule has 1 atom stereocenters. The van der Waals surface area contributed by atoms with Crippen LogP contribution in [0.2, 0.25) is 5.02 Å². The van der Waals surface area contributed by atoms with E-state index in [1.165, 1.54) is 0 Å². The van der Waals surface area contributed by atoms with Gasteiger partial charge in [0.1, 0.15) is 11.5 Å². The third kappa shape index (κ3) is 4.86. The number of hydrogen-bond donors (Lipinski definition) is 2. The number of halogens is 1. The highest BCUT2D eigenvalue weighted by molar-refractivity contribution is 6.30. The Morgan fingerprint density at radius 2 is 1.79 bits per heavy atom. The third-order valence-electron chi connectivity index (χ3n) is 4.50. The Kier molecular flexibility index (Phi) is 6.26. The smallest absolute Gasteiger partial charge is 0.319 e. The first-order valence-corrected chi connectivity index (χ1v) is 9.20. The van der Waals surface area contributed by atoms with Gasteiger partial charge in [0.2, 0.25) is 5.91 Å². The predicted molar refractivity (Wildman–Crippen MR) is 108 cm³/mol. The molecule has 3 amide bonds. The van der Waals surface area contributed by atoms with Gasteiger partial charge in [0.05, 0.1) is 14.2 Å². The average Bonchev–Trinajstić information content (AvgIpc) is 3.07. The second-order valence-electron chi connectivity index (χ2n) is 6.49. The first-order valence-electron chi connectivity index (χ1n) is 8.82. The van der Waals surface area contributed by atoms with Gasteiger partial charge < -0.3 is 25.0 Å². The Bertz CT molecular complexity index is 835. The molecule has 2 aromatic rings. The number of methoxy groups -OCH3 is 2. The predicted octanol–water partition coefficient (Wildman–Crippen LogP) is 3.53. The molecule has 0 saturated carbocycles. The zero-order valence-corrected chi connectivity index (χ0v) is 16.5. The molecule has 1 aliphatic rings. The van der Waals surface area contributed by atoms with E-state index < -0.39 is 0 Å². The van der Waals surface area contributed by atoms with Gasteiger partial charge in [0.15, 0.2) is 0 Å². The van der Waals surface area contributed by atoms with Crippen LogP contribution < -0.4 is 25.0 Å². The number of ether oxygens (including phenoxy) is 2. The molecule has 0 aromatic heterocycles. The fourth-order valence-corrected chi connectivity index (χ4v) is 3.21. The van der Waals surface area contributed by atoms with Crippen LogP contribution in [0.1, 0.15) is 6.42 Å². The highest BCUT2D eigenvalue weighted by Gasteiger charge is 2.30. The van der Waals surface area contributed by atoms with E-state index in [4.69, 9.17) is 21.1 Å². The summed E-state index contributed by atoms with van der Waals surface area (Å²) < 4.78 is 10.4. The van der Waals surface area contributed by atoms with Crippen LogP contribution in [0.4, 0.5) is 16.2 Å². The fourth-order valence-electron chi connectivity index (χ4n) is 3.08. The summed E-state index contributed by atoms with van der Waals surface area (Å²) in [6.07, 6.45) is 0.385. The lowest BCUT2D eigenvalue weighted by atomic mass is 10.1. The van der Waals surface area contributed by atoms with Crippen molar-refractivity contribution in [3.05, 3.63) is 47.5 Å². The monoisotopic (exact) mass is 403 g/mol. The van der Waals surface area contributed by atoms with Crippen LogP contribution in [0.3, 0.4) is 0 Å².